The van der Waals surface area contributed by atoms with Crippen LogP contribution in [0.3, 0.4) is 0 Å². The quantitative estimate of drug-likeness (QED) is 0.752. The molecule has 88 valence electrons. The number of hydrogen-bond donors (Lipinski definition) is 0. The van der Waals surface area contributed by atoms with Gasteiger partial charge in [0.05, 0.1) is 4.88 Å². The van der Waals surface area contributed by atoms with E-state index in [1.807, 2.05) is 19.9 Å². The Morgan fingerprint density at radius 2 is 2.00 bits per heavy atom. The molecule has 0 saturated carbocycles. The van der Waals surface area contributed by atoms with Crippen molar-refractivity contribution in [2.45, 2.75) is 20.3 Å². The minimum absolute atomic E-state index is 0.0173. The number of Topliss-reactive ketones (excluding diaryl/α,β-unsaturated/α-hetero) is 1. The van der Waals surface area contributed by atoms with Crippen LogP contribution in [0.2, 0.25) is 0 Å². The van der Waals surface area contributed by atoms with E-state index in [9.17, 15) is 9.18 Å². The normalized spacial score (nSPS) is 10.5. The molecule has 0 atom stereocenters. The summed E-state index contributed by atoms with van der Waals surface area (Å²) in [6, 6.07) is 8.29. The molecule has 3 heteroatoms. The number of rotatable bonds is 3. The maximum Gasteiger partial charge on any atom is 0.177 e. The van der Waals surface area contributed by atoms with E-state index in [0.29, 0.717) is 10.4 Å². The summed E-state index contributed by atoms with van der Waals surface area (Å²) in [5.41, 5.74) is 1.58. The zero-order chi connectivity index (χ0) is 12.4. The Morgan fingerprint density at radius 1 is 1.29 bits per heavy atom. The smallest absolute Gasteiger partial charge is 0.177 e. The molecule has 0 saturated heterocycles. The lowest BCUT2D eigenvalue weighted by Gasteiger charge is -2.00. The number of halogens is 1. The van der Waals surface area contributed by atoms with E-state index in [-0.39, 0.29) is 18.0 Å². The van der Waals surface area contributed by atoms with E-state index in [0.717, 1.165) is 10.4 Å². The highest BCUT2D eigenvalue weighted by molar-refractivity contribution is 7.14. The number of thiophene rings is 1. The molecular formula is C14H13FOS. The van der Waals surface area contributed by atoms with Crippen molar-refractivity contribution in [3.63, 3.8) is 0 Å². The van der Waals surface area contributed by atoms with Gasteiger partial charge < -0.3 is 0 Å². The van der Waals surface area contributed by atoms with Crippen molar-refractivity contribution in [3.8, 4) is 0 Å². The fourth-order valence-corrected chi connectivity index (χ4v) is 2.58. The van der Waals surface area contributed by atoms with Crippen LogP contribution < -0.4 is 0 Å². The summed E-state index contributed by atoms with van der Waals surface area (Å²) < 4.78 is 13.4. The first-order valence-electron chi connectivity index (χ1n) is 5.41. The first-order valence-corrected chi connectivity index (χ1v) is 6.23. The number of carbonyl (C=O) groups is 1. The van der Waals surface area contributed by atoms with Crippen molar-refractivity contribution in [2.75, 3.05) is 0 Å². The lowest BCUT2D eigenvalue weighted by molar-refractivity contribution is 0.0995. The molecule has 1 nitrogen and oxygen atoms in total. The van der Waals surface area contributed by atoms with Gasteiger partial charge in [-0.3, -0.25) is 4.79 Å². The summed E-state index contributed by atoms with van der Waals surface area (Å²) in [6.07, 6.45) is 0.131. The van der Waals surface area contributed by atoms with Crippen LogP contribution in [0, 0.1) is 19.7 Å². The van der Waals surface area contributed by atoms with Crippen molar-refractivity contribution in [1.29, 1.82) is 0 Å². The van der Waals surface area contributed by atoms with Crippen molar-refractivity contribution >= 4 is 17.1 Å². The molecule has 0 unspecified atom stereocenters. The maximum absolute atomic E-state index is 13.4. The highest BCUT2D eigenvalue weighted by atomic mass is 32.1. The molecule has 0 fully saturated rings. The molecule has 0 aliphatic heterocycles. The van der Waals surface area contributed by atoms with Crippen LogP contribution in [0.15, 0.2) is 30.3 Å². The Balaban J connectivity index is 2.20. The molecule has 0 aliphatic rings. The van der Waals surface area contributed by atoms with Gasteiger partial charge in [-0.25, -0.2) is 4.39 Å². The summed E-state index contributed by atoms with van der Waals surface area (Å²) in [5.74, 6) is -0.331. The fourth-order valence-electron chi connectivity index (χ4n) is 1.61. The number of benzene rings is 1. The average molecular weight is 248 g/mol. The highest BCUT2D eigenvalue weighted by Crippen LogP contribution is 2.22. The van der Waals surface area contributed by atoms with Crippen LogP contribution in [-0.2, 0) is 6.42 Å². The van der Waals surface area contributed by atoms with Crippen molar-refractivity contribution in [3.05, 3.63) is 57.0 Å². The van der Waals surface area contributed by atoms with E-state index in [2.05, 4.69) is 0 Å². The molecule has 0 spiro atoms. The summed E-state index contributed by atoms with van der Waals surface area (Å²) in [7, 11) is 0. The highest BCUT2D eigenvalue weighted by Gasteiger charge is 2.13. The van der Waals surface area contributed by atoms with Gasteiger partial charge >= 0.3 is 0 Å². The van der Waals surface area contributed by atoms with Gasteiger partial charge in [0.2, 0.25) is 0 Å². The van der Waals surface area contributed by atoms with E-state index in [1.54, 1.807) is 18.2 Å². The zero-order valence-corrected chi connectivity index (χ0v) is 10.6. The first kappa shape index (κ1) is 12.0. The van der Waals surface area contributed by atoms with Crippen LogP contribution in [0.25, 0.3) is 0 Å². The van der Waals surface area contributed by atoms with Gasteiger partial charge in [0, 0.05) is 11.3 Å². The van der Waals surface area contributed by atoms with E-state index in [1.165, 1.54) is 17.4 Å². The third kappa shape index (κ3) is 2.61. The molecule has 0 aliphatic carbocycles. The first-order chi connectivity index (χ1) is 8.08. The van der Waals surface area contributed by atoms with Gasteiger partial charge in [0.1, 0.15) is 5.82 Å². The number of aryl methyl sites for hydroxylation is 2. The zero-order valence-electron chi connectivity index (χ0n) is 9.79. The van der Waals surface area contributed by atoms with Gasteiger partial charge in [-0.2, -0.15) is 0 Å². The summed E-state index contributed by atoms with van der Waals surface area (Å²) in [5, 5.41) is 0. The molecule has 2 rings (SSSR count). The Morgan fingerprint density at radius 3 is 2.59 bits per heavy atom. The SMILES string of the molecule is Cc1cc(C(=O)Cc2ccccc2F)sc1C. The van der Waals surface area contributed by atoms with Crippen LogP contribution >= 0.6 is 11.3 Å². The number of carbonyl (C=O) groups excluding carboxylic acids is 1. The average Bonchev–Trinajstić information content (AvgIpc) is 2.63. The van der Waals surface area contributed by atoms with E-state index >= 15 is 0 Å². The van der Waals surface area contributed by atoms with Gasteiger partial charge in [-0.1, -0.05) is 18.2 Å². The summed E-state index contributed by atoms with van der Waals surface area (Å²) in [4.78, 5) is 13.8. The molecule has 0 radical (unpaired) electrons. The van der Waals surface area contributed by atoms with Gasteiger partial charge in [-0.15, -0.1) is 11.3 Å². The monoisotopic (exact) mass is 248 g/mol. The van der Waals surface area contributed by atoms with Crippen molar-refractivity contribution in [2.24, 2.45) is 0 Å². The van der Waals surface area contributed by atoms with Gasteiger partial charge in [0.15, 0.2) is 5.78 Å². The fraction of sp³-hybridized carbons (Fsp3) is 0.214. The molecule has 0 amide bonds. The van der Waals surface area contributed by atoms with E-state index in [4.69, 9.17) is 0 Å². The molecule has 1 heterocycles. The number of hydrogen-bond acceptors (Lipinski definition) is 2. The standard InChI is InChI=1S/C14H13FOS/c1-9-7-14(17-10(9)2)13(16)8-11-5-3-4-6-12(11)15/h3-7H,8H2,1-2H3. The van der Waals surface area contributed by atoms with Crippen LogP contribution in [0.5, 0.6) is 0 Å². The van der Waals surface area contributed by atoms with Crippen LogP contribution in [0.4, 0.5) is 4.39 Å². The van der Waals surface area contributed by atoms with Gasteiger partial charge in [0.25, 0.3) is 0 Å². The maximum atomic E-state index is 13.4. The molecule has 1 aromatic heterocycles. The molecule has 2 aromatic rings. The molecule has 17 heavy (non-hydrogen) atoms. The Labute approximate surface area is 104 Å². The minimum atomic E-state index is -0.314. The Kier molecular flexibility index (Phi) is 3.38. The molecule has 1 aromatic carbocycles. The molecule has 0 bridgehead atoms. The second kappa shape index (κ2) is 4.80. The topological polar surface area (TPSA) is 17.1 Å². The third-order valence-corrected chi connectivity index (χ3v) is 3.94. The lowest BCUT2D eigenvalue weighted by atomic mass is 10.1. The third-order valence-electron chi connectivity index (χ3n) is 2.75. The molecule has 0 N–H and O–H groups in total. The van der Waals surface area contributed by atoms with Crippen molar-refractivity contribution < 1.29 is 9.18 Å². The second-order valence-corrected chi connectivity index (χ2v) is 5.30. The summed E-state index contributed by atoms with van der Waals surface area (Å²) in [6.45, 7) is 3.96. The summed E-state index contributed by atoms with van der Waals surface area (Å²) >= 11 is 1.48. The predicted octanol–water partition coefficient (Wildman–Crippen LogP) is 3.93. The van der Waals surface area contributed by atoms with Gasteiger partial charge in [-0.05, 0) is 37.1 Å². The lowest BCUT2D eigenvalue weighted by Crippen LogP contribution is -2.03. The molecular weight excluding hydrogens is 235 g/mol. The number of ketones is 1. The van der Waals surface area contributed by atoms with Crippen LogP contribution in [0.1, 0.15) is 25.7 Å². The van der Waals surface area contributed by atoms with Crippen molar-refractivity contribution in [1.82, 2.24) is 0 Å². The predicted molar refractivity (Wildman–Crippen MR) is 68.2 cm³/mol. The van der Waals surface area contributed by atoms with Crippen LogP contribution in [-0.4, -0.2) is 5.78 Å². The second-order valence-electron chi connectivity index (χ2n) is 4.04. The van der Waals surface area contributed by atoms with E-state index < -0.39 is 0 Å². The Hall–Kier alpha value is -1.48. The minimum Gasteiger partial charge on any atom is -0.293 e. The largest absolute Gasteiger partial charge is 0.293 e. The Bertz CT molecular complexity index is 538.